The lowest BCUT2D eigenvalue weighted by atomic mass is 10.1. The maximum Gasteiger partial charge on any atom is 0.0717 e. The molecule has 0 unspecified atom stereocenters. The molecule has 0 atom stereocenters. The van der Waals surface area contributed by atoms with E-state index < -0.39 is 0 Å². The first-order chi connectivity index (χ1) is 13.8. The Morgan fingerprint density at radius 1 is 0.679 bits per heavy atom. The van der Waals surface area contributed by atoms with Crippen molar-refractivity contribution in [1.82, 2.24) is 9.97 Å². The normalized spacial score (nSPS) is 11.4. The van der Waals surface area contributed by atoms with Crippen molar-refractivity contribution in [3.63, 3.8) is 0 Å². The molecule has 2 heterocycles. The average Bonchev–Trinajstić information content (AvgIpc) is 2.72. The number of rotatable bonds is 7. The van der Waals surface area contributed by atoms with Gasteiger partial charge in [-0.2, -0.15) is 0 Å². The van der Waals surface area contributed by atoms with Gasteiger partial charge in [-0.25, -0.2) is 0 Å². The molecule has 0 aliphatic rings. The molecule has 28 heavy (non-hydrogen) atoms. The van der Waals surface area contributed by atoms with E-state index in [1.54, 1.807) is 35.8 Å². The zero-order valence-corrected chi connectivity index (χ0v) is 17.3. The molecule has 4 rings (SSSR count). The molecule has 0 aliphatic carbocycles. The van der Waals surface area contributed by atoms with Crippen LogP contribution in [0.4, 0.5) is 0 Å². The Kier molecular flexibility index (Phi) is 6.12. The zero-order chi connectivity index (χ0) is 19.3. The first kappa shape index (κ1) is 19.2. The summed E-state index contributed by atoms with van der Waals surface area (Å²) in [6.45, 7) is 1.19. The van der Waals surface area contributed by atoms with Crippen LogP contribution in [0, 0.1) is 0 Å². The van der Waals surface area contributed by atoms with E-state index in [2.05, 4.69) is 58.5 Å². The SMILES string of the molecule is COCc1ccc2c(SSc3ccnc4cc(COC)ccc34)ccnc2c1. The number of hydrogen-bond acceptors (Lipinski definition) is 6. The molecule has 6 heteroatoms. The molecule has 142 valence electrons. The zero-order valence-electron chi connectivity index (χ0n) is 15.7. The molecule has 0 radical (unpaired) electrons. The van der Waals surface area contributed by atoms with Gasteiger partial charge in [0.25, 0.3) is 0 Å². The number of ether oxygens (including phenoxy) is 2. The van der Waals surface area contributed by atoms with Crippen LogP contribution < -0.4 is 0 Å². The third-order valence-corrected chi connectivity index (χ3v) is 6.86. The first-order valence-electron chi connectivity index (χ1n) is 8.86. The third kappa shape index (κ3) is 4.15. The van der Waals surface area contributed by atoms with E-state index in [1.807, 2.05) is 12.4 Å². The minimum Gasteiger partial charge on any atom is -0.380 e. The monoisotopic (exact) mass is 408 g/mol. The van der Waals surface area contributed by atoms with Crippen molar-refractivity contribution in [2.45, 2.75) is 23.0 Å². The van der Waals surface area contributed by atoms with Crippen LogP contribution in [0.5, 0.6) is 0 Å². The fourth-order valence-electron chi connectivity index (χ4n) is 3.08. The summed E-state index contributed by atoms with van der Waals surface area (Å²) in [7, 11) is 6.90. The summed E-state index contributed by atoms with van der Waals surface area (Å²) >= 11 is 0. The average molecular weight is 409 g/mol. The number of benzene rings is 2. The number of hydrogen-bond donors (Lipinski definition) is 0. The highest BCUT2D eigenvalue weighted by Crippen LogP contribution is 2.42. The lowest BCUT2D eigenvalue weighted by Gasteiger charge is -2.09. The molecule has 4 aromatic rings. The lowest BCUT2D eigenvalue weighted by molar-refractivity contribution is 0.185. The van der Waals surface area contributed by atoms with Gasteiger partial charge in [-0.3, -0.25) is 9.97 Å². The first-order valence-corrected chi connectivity index (χ1v) is 11.0. The summed E-state index contributed by atoms with van der Waals surface area (Å²) in [4.78, 5) is 11.4. The van der Waals surface area contributed by atoms with Crippen molar-refractivity contribution in [3.05, 3.63) is 72.1 Å². The number of aromatic nitrogens is 2. The van der Waals surface area contributed by atoms with E-state index in [4.69, 9.17) is 9.47 Å². The minimum atomic E-state index is 0.595. The summed E-state index contributed by atoms with van der Waals surface area (Å²) in [6, 6.07) is 16.8. The molecule has 0 spiro atoms. The maximum absolute atomic E-state index is 5.23. The van der Waals surface area contributed by atoms with Crippen LogP contribution in [-0.2, 0) is 22.7 Å². The van der Waals surface area contributed by atoms with Gasteiger partial charge in [0.05, 0.1) is 24.2 Å². The van der Waals surface area contributed by atoms with Crippen LogP contribution in [0.15, 0.2) is 70.7 Å². The number of methoxy groups -OCH3 is 2. The number of fused-ring (bicyclic) bond motifs is 2. The molecule has 0 N–H and O–H groups in total. The van der Waals surface area contributed by atoms with Crippen LogP contribution in [-0.4, -0.2) is 24.2 Å². The molecule has 0 fully saturated rings. The minimum absolute atomic E-state index is 0.595. The van der Waals surface area contributed by atoms with E-state index in [-0.39, 0.29) is 0 Å². The molecular formula is C22H20N2O2S2. The van der Waals surface area contributed by atoms with Crippen molar-refractivity contribution < 1.29 is 9.47 Å². The highest BCUT2D eigenvalue weighted by Gasteiger charge is 2.08. The second-order valence-electron chi connectivity index (χ2n) is 6.35. The van der Waals surface area contributed by atoms with Crippen molar-refractivity contribution in [2.75, 3.05) is 14.2 Å². The van der Waals surface area contributed by atoms with Crippen molar-refractivity contribution in [2.24, 2.45) is 0 Å². The summed E-state index contributed by atoms with van der Waals surface area (Å²) in [5, 5.41) is 2.31. The molecular weight excluding hydrogens is 388 g/mol. The fourth-order valence-corrected chi connectivity index (χ4v) is 5.43. The van der Waals surface area contributed by atoms with E-state index in [0.717, 1.165) is 32.9 Å². The van der Waals surface area contributed by atoms with Gasteiger partial charge < -0.3 is 9.47 Å². The van der Waals surface area contributed by atoms with Gasteiger partial charge >= 0.3 is 0 Å². The fraction of sp³-hybridized carbons (Fsp3) is 0.182. The smallest absolute Gasteiger partial charge is 0.0717 e. The molecule has 0 aliphatic heterocycles. The molecule has 0 amide bonds. The number of nitrogens with zero attached hydrogens (tertiary/aromatic N) is 2. The standard InChI is InChI=1S/C22H20N2O2S2/c1-25-13-15-3-5-17-19(11-15)23-9-7-21(17)27-28-22-8-10-24-20-12-16(14-26-2)4-6-18(20)22/h3-12H,13-14H2,1-2H3. The molecule has 0 saturated heterocycles. The van der Waals surface area contributed by atoms with Crippen LogP contribution in [0.3, 0.4) is 0 Å². The topological polar surface area (TPSA) is 44.2 Å². The second kappa shape index (κ2) is 8.92. The summed E-state index contributed by atoms with van der Waals surface area (Å²) in [5.41, 5.74) is 4.24. The van der Waals surface area contributed by atoms with Crippen LogP contribution >= 0.6 is 21.6 Å². The number of pyridine rings is 2. The Bertz CT molecular complexity index is 1030. The largest absolute Gasteiger partial charge is 0.380 e. The quantitative estimate of drug-likeness (QED) is 0.356. The summed E-state index contributed by atoms with van der Waals surface area (Å²) < 4.78 is 10.5. The van der Waals surface area contributed by atoms with Gasteiger partial charge in [-0.15, -0.1) is 0 Å². The highest BCUT2D eigenvalue weighted by atomic mass is 33.1. The third-order valence-electron chi connectivity index (χ3n) is 4.38. The van der Waals surface area contributed by atoms with Gasteiger partial charge in [0.1, 0.15) is 0 Å². The Morgan fingerprint density at radius 3 is 1.57 bits per heavy atom. The van der Waals surface area contributed by atoms with Crippen molar-refractivity contribution >= 4 is 43.4 Å². The molecule has 4 nitrogen and oxygen atoms in total. The van der Waals surface area contributed by atoms with Gasteiger partial charge in [0, 0.05) is 47.2 Å². The molecule has 2 aromatic heterocycles. The molecule has 0 saturated carbocycles. The van der Waals surface area contributed by atoms with Crippen LogP contribution in [0.2, 0.25) is 0 Å². The van der Waals surface area contributed by atoms with E-state index >= 15 is 0 Å². The maximum atomic E-state index is 5.23. The van der Waals surface area contributed by atoms with E-state index in [9.17, 15) is 0 Å². The predicted octanol–water partition coefficient (Wildman–Crippen LogP) is 5.88. The van der Waals surface area contributed by atoms with Gasteiger partial charge in [-0.1, -0.05) is 45.9 Å². The predicted molar refractivity (Wildman–Crippen MR) is 117 cm³/mol. The summed E-state index contributed by atoms with van der Waals surface area (Å²) in [5.74, 6) is 0. The molecule has 2 aromatic carbocycles. The van der Waals surface area contributed by atoms with Gasteiger partial charge in [0.15, 0.2) is 0 Å². The van der Waals surface area contributed by atoms with Crippen molar-refractivity contribution in [3.8, 4) is 0 Å². The Hall–Kier alpha value is -2.12. The van der Waals surface area contributed by atoms with Gasteiger partial charge in [-0.05, 0) is 35.4 Å². The lowest BCUT2D eigenvalue weighted by Crippen LogP contribution is -1.89. The Labute approximate surface area is 172 Å². The van der Waals surface area contributed by atoms with Gasteiger partial charge in [0.2, 0.25) is 0 Å². The highest BCUT2D eigenvalue weighted by molar-refractivity contribution is 8.76. The van der Waals surface area contributed by atoms with Crippen LogP contribution in [0.25, 0.3) is 21.8 Å². The van der Waals surface area contributed by atoms with Crippen LogP contribution in [0.1, 0.15) is 11.1 Å². The Balaban J connectivity index is 1.61. The molecule has 0 bridgehead atoms. The van der Waals surface area contributed by atoms with E-state index in [1.165, 1.54) is 9.79 Å². The summed E-state index contributed by atoms with van der Waals surface area (Å²) in [6.07, 6.45) is 3.73. The second-order valence-corrected chi connectivity index (χ2v) is 8.57. The Morgan fingerprint density at radius 2 is 1.14 bits per heavy atom. The van der Waals surface area contributed by atoms with E-state index in [0.29, 0.717) is 13.2 Å². The van der Waals surface area contributed by atoms with Crippen molar-refractivity contribution in [1.29, 1.82) is 0 Å².